The maximum atomic E-state index is 12.1. The van der Waals surface area contributed by atoms with Gasteiger partial charge in [0.2, 0.25) is 0 Å². The smallest absolute Gasteiger partial charge is 0.407 e. The first kappa shape index (κ1) is 20.9. The summed E-state index contributed by atoms with van der Waals surface area (Å²) in [5.74, 6) is 5.35. The van der Waals surface area contributed by atoms with Crippen LogP contribution in [0.4, 0.5) is 10.5 Å². The predicted molar refractivity (Wildman–Crippen MR) is 117 cm³/mol. The molecule has 4 rings (SSSR count). The number of carbonyl (C=O) groups is 1. The molecule has 1 aliphatic carbocycles. The van der Waals surface area contributed by atoms with Crippen molar-refractivity contribution >= 4 is 11.8 Å². The standard InChI is InChI=1S/C24H19N3O5/c1-31-23-22(27(29)30)13-16(14-26-23)7-6-12-25-24(28)32-15-21-19-10-4-2-8-17(19)18-9-3-5-11-20(18)21/h2-5,8-11,13-14,21H,12,15H2,1H3,(H,25,28). The Labute approximate surface area is 184 Å². The highest BCUT2D eigenvalue weighted by Crippen LogP contribution is 2.44. The van der Waals surface area contributed by atoms with Crippen LogP contribution in [-0.2, 0) is 4.74 Å². The molecule has 1 aromatic heterocycles. The molecule has 0 radical (unpaired) electrons. The molecule has 8 heteroatoms. The number of hydrogen-bond donors (Lipinski definition) is 1. The molecule has 1 N–H and O–H groups in total. The third-order valence-corrected chi connectivity index (χ3v) is 5.12. The van der Waals surface area contributed by atoms with Gasteiger partial charge in [0.05, 0.1) is 24.1 Å². The van der Waals surface area contributed by atoms with Crippen molar-refractivity contribution in [1.82, 2.24) is 10.3 Å². The molecule has 3 aromatic rings. The van der Waals surface area contributed by atoms with Gasteiger partial charge in [0, 0.05) is 18.2 Å². The van der Waals surface area contributed by atoms with Crippen molar-refractivity contribution in [2.75, 3.05) is 20.3 Å². The lowest BCUT2D eigenvalue weighted by Crippen LogP contribution is -2.26. The number of nitrogens with one attached hydrogen (secondary N) is 1. The first-order chi connectivity index (χ1) is 15.6. The summed E-state index contributed by atoms with van der Waals surface area (Å²) in [5, 5.41) is 13.6. The Morgan fingerprint density at radius 3 is 2.44 bits per heavy atom. The van der Waals surface area contributed by atoms with Crippen molar-refractivity contribution in [3.05, 3.63) is 87.6 Å². The van der Waals surface area contributed by atoms with E-state index < -0.39 is 11.0 Å². The van der Waals surface area contributed by atoms with E-state index in [0.29, 0.717) is 5.56 Å². The van der Waals surface area contributed by atoms with Gasteiger partial charge in [0.25, 0.3) is 5.88 Å². The molecule has 32 heavy (non-hydrogen) atoms. The molecule has 1 heterocycles. The first-order valence-electron chi connectivity index (χ1n) is 9.84. The Morgan fingerprint density at radius 2 is 1.81 bits per heavy atom. The number of methoxy groups -OCH3 is 1. The summed E-state index contributed by atoms with van der Waals surface area (Å²) in [6, 6.07) is 17.5. The molecule has 1 aliphatic rings. The Hall–Kier alpha value is -4.38. The number of rotatable bonds is 5. The van der Waals surface area contributed by atoms with Gasteiger partial charge in [0.15, 0.2) is 0 Å². The normalized spacial score (nSPS) is 11.5. The van der Waals surface area contributed by atoms with Gasteiger partial charge in [-0.15, -0.1) is 0 Å². The number of amides is 1. The van der Waals surface area contributed by atoms with Crippen molar-refractivity contribution in [3.8, 4) is 28.8 Å². The van der Waals surface area contributed by atoms with Crippen molar-refractivity contribution < 1.29 is 19.2 Å². The molecule has 160 valence electrons. The van der Waals surface area contributed by atoms with Crippen molar-refractivity contribution in [2.24, 2.45) is 0 Å². The predicted octanol–water partition coefficient (Wildman–Crippen LogP) is 3.89. The molecule has 0 atom stereocenters. The van der Waals surface area contributed by atoms with Gasteiger partial charge in [-0.1, -0.05) is 60.4 Å². The third-order valence-electron chi connectivity index (χ3n) is 5.12. The number of fused-ring (bicyclic) bond motifs is 3. The maximum Gasteiger partial charge on any atom is 0.407 e. The second kappa shape index (κ2) is 9.18. The number of pyridine rings is 1. The van der Waals surface area contributed by atoms with Crippen LogP contribution in [0.2, 0.25) is 0 Å². The van der Waals surface area contributed by atoms with Crippen LogP contribution >= 0.6 is 0 Å². The van der Waals surface area contributed by atoms with Crippen LogP contribution < -0.4 is 10.1 Å². The fourth-order valence-corrected chi connectivity index (χ4v) is 3.71. The lowest BCUT2D eigenvalue weighted by molar-refractivity contribution is -0.386. The van der Waals surface area contributed by atoms with Crippen LogP contribution in [0.15, 0.2) is 60.8 Å². The number of aromatic nitrogens is 1. The third kappa shape index (κ3) is 4.23. The average molecular weight is 429 g/mol. The Balaban J connectivity index is 1.35. The van der Waals surface area contributed by atoms with Gasteiger partial charge in [-0.25, -0.2) is 9.78 Å². The first-order valence-corrected chi connectivity index (χ1v) is 9.84. The SMILES string of the molecule is COc1ncc(C#CCNC(=O)OCC2c3ccccc3-c3ccccc32)cc1[N+](=O)[O-]. The summed E-state index contributed by atoms with van der Waals surface area (Å²) >= 11 is 0. The largest absolute Gasteiger partial charge is 0.476 e. The number of benzene rings is 2. The molecule has 8 nitrogen and oxygen atoms in total. The highest BCUT2D eigenvalue weighted by Gasteiger charge is 2.28. The average Bonchev–Trinajstić information content (AvgIpc) is 3.14. The molecule has 0 fully saturated rings. The minimum atomic E-state index is -0.591. The molecule has 0 saturated heterocycles. The zero-order valence-electron chi connectivity index (χ0n) is 17.2. The van der Waals surface area contributed by atoms with Gasteiger partial charge < -0.3 is 14.8 Å². The summed E-state index contributed by atoms with van der Waals surface area (Å²) in [5.41, 5.74) is 4.65. The van der Waals surface area contributed by atoms with Gasteiger partial charge in [-0.3, -0.25) is 10.1 Å². The minimum Gasteiger partial charge on any atom is -0.476 e. The molecule has 0 spiro atoms. The van der Waals surface area contributed by atoms with Crippen molar-refractivity contribution in [2.45, 2.75) is 5.92 Å². The van der Waals surface area contributed by atoms with E-state index in [0.717, 1.165) is 22.3 Å². The van der Waals surface area contributed by atoms with E-state index in [4.69, 9.17) is 9.47 Å². The number of nitro groups is 1. The van der Waals surface area contributed by atoms with E-state index >= 15 is 0 Å². The summed E-state index contributed by atoms with van der Waals surface area (Å²) in [6.45, 7) is 0.235. The van der Waals surface area contributed by atoms with E-state index in [1.165, 1.54) is 19.4 Å². The van der Waals surface area contributed by atoms with Crippen LogP contribution in [0.1, 0.15) is 22.6 Å². The summed E-state index contributed by atoms with van der Waals surface area (Å²) in [6.07, 6.45) is 0.784. The van der Waals surface area contributed by atoms with Crippen LogP contribution in [0.3, 0.4) is 0 Å². The van der Waals surface area contributed by atoms with Gasteiger partial charge >= 0.3 is 11.8 Å². The van der Waals surface area contributed by atoms with Crippen molar-refractivity contribution in [3.63, 3.8) is 0 Å². The van der Waals surface area contributed by atoms with Crippen molar-refractivity contribution in [1.29, 1.82) is 0 Å². The Bertz CT molecular complexity index is 1200. The van der Waals surface area contributed by atoms with E-state index in [-0.39, 0.29) is 30.6 Å². The number of ether oxygens (including phenoxy) is 2. The van der Waals surface area contributed by atoms with E-state index in [1.807, 2.05) is 24.3 Å². The molecular weight excluding hydrogens is 410 g/mol. The summed E-state index contributed by atoms with van der Waals surface area (Å²) in [7, 11) is 1.30. The van der Waals surface area contributed by atoms with Crippen LogP contribution in [0.25, 0.3) is 11.1 Å². The van der Waals surface area contributed by atoms with E-state index in [2.05, 4.69) is 46.4 Å². The highest BCUT2D eigenvalue weighted by atomic mass is 16.6. The Kier molecular flexibility index (Phi) is 5.99. The van der Waals surface area contributed by atoms with Crippen LogP contribution in [0, 0.1) is 22.0 Å². The lowest BCUT2D eigenvalue weighted by atomic mass is 9.98. The van der Waals surface area contributed by atoms with Gasteiger partial charge in [-0.05, 0) is 22.3 Å². The van der Waals surface area contributed by atoms with Crippen LogP contribution in [-0.4, -0.2) is 36.3 Å². The number of hydrogen-bond acceptors (Lipinski definition) is 6. The monoisotopic (exact) mass is 429 g/mol. The molecule has 1 amide bonds. The topological polar surface area (TPSA) is 104 Å². The summed E-state index contributed by atoms with van der Waals surface area (Å²) < 4.78 is 10.3. The maximum absolute atomic E-state index is 12.1. The molecule has 0 saturated carbocycles. The van der Waals surface area contributed by atoms with Crippen LogP contribution in [0.5, 0.6) is 5.88 Å². The zero-order chi connectivity index (χ0) is 22.5. The fourth-order valence-electron chi connectivity index (χ4n) is 3.71. The zero-order valence-corrected chi connectivity index (χ0v) is 17.2. The number of carbonyl (C=O) groups excluding carboxylic acids is 1. The minimum absolute atomic E-state index is 0.0230. The lowest BCUT2D eigenvalue weighted by Gasteiger charge is -2.14. The van der Waals surface area contributed by atoms with E-state index in [9.17, 15) is 14.9 Å². The molecule has 0 unspecified atom stereocenters. The molecular formula is C24H19N3O5. The quantitative estimate of drug-likeness (QED) is 0.375. The second-order valence-corrected chi connectivity index (χ2v) is 6.99. The molecule has 0 bridgehead atoms. The summed E-state index contributed by atoms with van der Waals surface area (Å²) in [4.78, 5) is 26.5. The van der Waals surface area contributed by atoms with Gasteiger partial charge in [-0.2, -0.15) is 0 Å². The number of alkyl carbamates (subject to hydrolysis) is 1. The van der Waals surface area contributed by atoms with E-state index in [1.54, 1.807) is 0 Å². The molecule has 2 aromatic carbocycles. The number of nitrogens with zero attached hydrogens (tertiary/aromatic N) is 2. The Morgan fingerprint density at radius 1 is 1.16 bits per heavy atom. The second-order valence-electron chi connectivity index (χ2n) is 6.99. The fraction of sp³-hybridized carbons (Fsp3) is 0.167. The highest BCUT2D eigenvalue weighted by molar-refractivity contribution is 5.79. The van der Waals surface area contributed by atoms with Gasteiger partial charge in [0.1, 0.15) is 6.61 Å². The molecule has 0 aliphatic heterocycles.